The van der Waals surface area contributed by atoms with Crippen molar-refractivity contribution < 1.29 is 9.53 Å². The number of nitrogens with two attached hydrogens (primary N) is 2. The van der Waals surface area contributed by atoms with Crippen LogP contribution in [0.15, 0.2) is 40.5 Å². The van der Waals surface area contributed by atoms with Gasteiger partial charge in [-0.3, -0.25) is 4.79 Å². The summed E-state index contributed by atoms with van der Waals surface area (Å²) in [7, 11) is 0. The number of ether oxygens (including phenoxy) is 1. The van der Waals surface area contributed by atoms with Gasteiger partial charge in [0.05, 0.1) is 6.42 Å². The first-order valence-electron chi connectivity index (χ1n) is 4.95. The van der Waals surface area contributed by atoms with E-state index in [-0.39, 0.29) is 12.4 Å². The lowest BCUT2D eigenvalue weighted by molar-refractivity contribution is -0.133. The first-order chi connectivity index (χ1) is 8.08. The zero-order valence-electron chi connectivity index (χ0n) is 9.46. The average Bonchev–Trinajstić information content (AvgIpc) is 2.27. The van der Waals surface area contributed by atoms with E-state index in [9.17, 15) is 4.79 Å². The van der Waals surface area contributed by atoms with Crippen LogP contribution in [0.25, 0.3) is 0 Å². The molecule has 0 aliphatic heterocycles. The SMILES string of the molecule is C/C(CC(=O)Oc1ccccc1)=N/N=C(N)N. The van der Waals surface area contributed by atoms with Gasteiger partial charge in [-0.15, -0.1) is 5.10 Å². The molecule has 0 spiro atoms. The van der Waals surface area contributed by atoms with Gasteiger partial charge in [-0.2, -0.15) is 5.10 Å². The van der Waals surface area contributed by atoms with Crippen LogP contribution in [0.3, 0.4) is 0 Å². The van der Waals surface area contributed by atoms with Gasteiger partial charge in [-0.1, -0.05) is 18.2 Å². The molecular formula is C11H14N4O2. The number of nitrogens with zero attached hydrogens (tertiary/aromatic N) is 2. The Morgan fingerprint density at radius 2 is 1.88 bits per heavy atom. The molecule has 0 fully saturated rings. The Morgan fingerprint density at radius 1 is 1.24 bits per heavy atom. The molecule has 1 rings (SSSR count). The summed E-state index contributed by atoms with van der Waals surface area (Å²) < 4.78 is 5.06. The van der Waals surface area contributed by atoms with Crippen LogP contribution in [0.4, 0.5) is 0 Å². The normalized spacial score (nSPS) is 10.8. The van der Waals surface area contributed by atoms with E-state index in [1.165, 1.54) is 0 Å². The molecule has 0 atom stereocenters. The van der Waals surface area contributed by atoms with Gasteiger partial charge < -0.3 is 16.2 Å². The zero-order chi connectivity index (χ0) is 12.7. The Labute approximate surface area is 99.0 Å². The highest BCUT2D eigenvalue weighted by atomic mass is 16.5. The van der Waals surface area contributed by atoms with Crippen molar-refractivity contribution in [2.45, 2.75) is 13.3 Å². The van der Waals surface area contributed by atoms with Crippen molar-refractivity contribution in [2.24, 2.45) is 21.7 Å². The predicted octanol–water partition coefficient (Wildman–Crippen LogP) is 0.631. The third-order valence-corrected chi connectivity index (χ3v) is 1.71. The van der Waals surface area contributed by atoms with Crippen molar-refractivity contribution in [1.29, 1.82) is 0 Å². The zero-order valence-corrected chi connectivity index (χ0v) is 9.46. The standard InChI is InChI=1S/C11H14N4O2/c1-8(14-15-11(12)13)7-10(16)17-9-5-3-2-4-6-9/h2-6H,7H2,1H3,(H4,12,13,15)/b14-8-. The minimum absolute atomic E-state index is 0.0334. The van der Waals surface area contributed by atoms with E-state index in [1.807, 2.05) is 6.07 Å². The summed E-state index contributed by atoms with van der Waals surface area (Å²) >= 11 is 0. The van der Waals surface area contributed by atoms with Gasteiger partial charge in [0.15, 0.2) is 0 Å². The molecule has 0 radical (unpaired) electrons. The van der Waals surface area contributed by atoms with E-state index in [4.69, 9.17) is 16.2 Å². The van der Waals surface area contributed by atoms with Crippen LogP contribution in [-0.4, -0.2) is 17.6 Å². The second kappa shape index (κ2) is 6.26. The molecule has 1 aromatic carbocycles. The smallest absolute Gasteiger partial charge is 0.316 e. The molecule has 90 valence electrons. The van der Waals surface area contributed by atoms with Crippen molar-refractivity contribution in [2.75, 3.05) is 0 Å². The molecule has 0 aromatic heterocycles. The molecule has 0 aliphatic carbocycles. The van der Waals surface area contributed by atoms with Gasteiger partial charge >= 0.3 is 5.97 Å². The maximum Gasteiger partial charge on any atom is 0.316 e. The highest BCUT2D eigenvalue weighted by Crippen LogP contribution is 2.09. The van der Waals surface area contributed by atoms with Crippen molar-refractivity contribution in [3.05, 3.63) is 30.3 Å². The summed E-state index contributed by atoms with van der Waals surface area (Å²) in [5.41, 5.74) is 10.7. The number of esters is 1. The molecule has 17 heavy (non-hydrogen) atoms. The predicted molar refractivity (Wildman–Crippen MR) is 65.6 cm³/mol. The maximum absolute atomic E-state index is 11.5. The lowest BCUT2D eigenvalue weighted by Crippen LogP contribution is -2.22. The lowest BCUT2D eigenvalue weighted by atomic mass is 10.3. The van der Waals surface area contributed by atoms with Gasteiger partial charge in [0.2, 0.25) is 5.96 Å². The van der Waals surface area contributed by atoms with E-state index in [0.29, 0.717) is 11.5 Å². The molecule has 0 bridgehead atoms. The number of hydrogen-bond acceptors (Lipinski definition) is 4. The van der Waals surface area contributed by atoms with Crippen LogP contribution in [0.5, 0.6) is 5.75 Å². The minimum atomic E-state index is -0.414. The summed E-state index contributed by atoms with van der Waals surface area (Å²) in [4.78, 5) is 11.5. The third kappa shape index (κ3) is 5.31. The van der Waals surface area contributed by atoms with E-state index in [0.717, 1.165) is 0 Å². The molecular weight excluding hydrogens is 220 g/mol. The number of para-hydroxylation sites is 1. The summed E-state index contributed by atoms with van der Waals surface area (Å²) in [5.74, 6) is -0.0730. The fourth-order valence-corrected chi connectivity index (χ4v) is 1.04. The van der Waals surface area contributed by atoms with Crippen LogP contribution < -0.4 is 16.2 Å². The largest absolute Gasteiger partial charge is 0.426 e. The van der Waals surface area contributed by atoms with Gasteiger partial charge in [-0.25, -0.2) is 0 Å². The Morgan fingerprint density at radius 3 is 2.47 bits per heavy atom. The number of carbonyl (C=O) groups excluding carboxylic acids is 1. The molecule has 0 heterocycles. The number of rotatable bonds is 4. The van der Waals surface area contributed by atoms with Crippen LogP contribution in [0, 0.1) is 0 Å². The van der Waals surface area contributed by atoms with Crippen molar-refractivity contribution in [1.82, 2.24) is 0 Å². The van der Waals surface area contributed by atoms with Crippen molar-refractivity contribution in [3.8, 4) is 5.75 Å². The van der Waals surface area contributed by atoms with E-state index in [1.54, 1.807) is 31.2 Å². The highest BCUT2D eigenvalue weighted by molar-refractivity contribution is 5.98. The first kappa shape index (κ1) is 12.7. The summed E-state index contributed by atoms with van der Waals surface area (Å²) in [6.07, 6.45) is 0.0334. The number of carbonyl (C=O) groups is 1. The Balaban J connectivity index is 2.51. The molecule has 0 aliphatic rings. The minimum Gasteiger partial charge on any atom is -0.426 e. The number of hydrogen-bond donors (Lipinski definition) is 2. The second-order valence-corrected chi connectivity index (χ2v) is 3.32. The monoisotopic (exact) mass is 234 g/mol. The fourth-order valence-electron chi connectivity index (χ4n) is 1.04. The summed E-state index contributed by atoms with van der Waals surface area (Å²) in [6, 6.07) is 8.79. The molecule has 6 nitrogen and oxygen atoms in total. The molecule has 6 heteroatoms. The maximum atomic E-state index is 11.5. The van der Waals surface area contributed by atoms with Crippen LogP contribution >= 0.6 is 0 Å². The van der Waals surface area contributed by atoms with Crippen LogP contribution in [0.1, 0.15) is 13.3 Å². The van der Waals surface area contributed by atoms with Crippen molar-refractivity contribution >= 4 is 17.6 Å². The number of guanidine groups is 1. The van der Waals surface area contributed by atoms with Gasteiger partial charge in [0.25, 0.3) is 0 Å². The molecule has 0 unspecified atom stereocenters. The van der Waals surface area contributed by atoms with E-state index in [2.05, 4.69) is 10.2 Å². The summed E-state index contributed by atoms with van der Waals surface area (Å²) in [6.45, 7) is 1.64. The topological polar surface area (TPSA) is 103 Å². The summed E-state index contributed by atoms with van der Waals surface area (Å²) in [5, 5.41) is 7.10. The molecule has 0 saturated heterocycles. The third-order valence-electron chi connectivity index (χ3n) is 1.71. The van der Waals surface area contributed by atoms with Crippen LogP contribution in [-0.2, 0) is 4.79 Å². The quantitative estimate of drug-likeness (QED) is 0.262. The Kier molecular flexibility index (Phi) is 4.68. The molecule has 0 amide bonds. The molecule has 4 N–H and O–H groups in total. The Hall–Kier alpha value is -2.37. The highest BCUT2D eigenvalue weighted by Gasteiger charge is 2.06. The average molecular weight is 234 g/mol. The van der Waals surface area contributed by atoms with E-state index >= 15 is 0 Å². The first-order valence-corrected chi connectivity index (χ1v) is 4.95. The molecule has 0 saturated carbocycles. The van der Waals surface area contributed by atoms with Crippen molar-refractivity contribution in [3.63, 3.8) is 0 Å². The molecule has 1 aromatic rings. The van der Waals surface area contributed by atoms with Gasteiger partial charge in [0.1, 0.15) is 5.75 Å². The second-order valence-electron chi connectivity index (χ2n) is 3.32. The fraction of sp³-hybridized carbons (Fsp3) is 0.182. The Bertz CT molecular complexity index is 436. The van der Waals surface area contributed by atoms with E-state index < -0.39 is 5.97 Å². The van der Waals surface area contributed by atoms with Crippen LogP contribution in [0.2, 0.25) is 0 Å². The van der Waals surface area contributed by atoms with Gasteiger partial charge in [0, 0.05) is 5.71 Å². The number of benzene rings is 1. The lowest BCUT2D eigenvalue weighted by Gasteiger charge is -2.02. The van der Waals surface area contributed by atoms with Gasteiger partial charge in [-0.05, 0) is 19.1 Å².